The first kappa shape index (κ1) is 22.8. The fourth-order valence-corrected chi connectivity index (χ4v) is 5.82. The molecule has 172 valence electrons. The van der Waals surface area contributed by atoms with E-state index < -0.39 is 10.0 Å². The van der Waals surface area contributed by atoms with Crippen LogP contribution in [0.1, 0.15) is 18.4 Å². The Morgan fingerprint density at radius 1 is 0.906 bits per heavy atom. The third-order valence-electron chi connectivity index (χ3n) is 6.49. The summed E-state index contributed by atoms with van der Waals surface area (Å²) in [6.07, 6.45) is 1.04. The SMILES string of the molecule is Cc1ccc(S(=O)(=O)N2CCC(C(=O)Nc3ccccc3N3CCN(C)CC3)CC2)cc1. The zero-order valence-electron chi connectivity index (χ0n) is 18.8. The van der Waals surface area contributed by atoms with Gasteiger partial charge in [-0.1, -0.05) is 29.8 Å². The van der Waals surface area contributed by atoms with Crippen molar-refractivity contribution in [3.05, 3.63) is 54.1 Å². The molecule has 0 spiro atoms. The number of anilines is 2. The van der Waals surface area contributed by atoms with E-state index >= 15 is 0 Å². The van der Waals surface area contributed by atoms with Gasteiger partial charge < -0.3 is 15.1 Å². The van der Waals surface area contributed by atoms with Gasteiger partial charge in [-0.15, -0.1) is 0 Å². The van der Waals surface area contributed by atoms with Gasteiger partial charge in [-0.3, -0.25) is 4.79 Å². The molecule has 32 heavy (non-hydrogen) atoms. The highest BCUT2D eigenvalue weighted by Gasteiger charge is 2.32. The fraction of sp³-hybridized carbons (Fsp3) is 0.458. The van der Waals surface area contributed by atoms with Crippen LogP contribution in [0.3, 0.4) is 0 Å². The van der Waals surface area contributed by atoms with Crippen molar-refractivity contribution in [2.24, 2.45) is 5.92 Å². The van der Waals surface area contributed by atoms with Crippen LogP contribution in [0, 0.1) is 12.8 Å². The molecular formula is C24H32N4O3S. The van der Waals surface area contributed by atoms with Crippen molar-refractivity contribution in [1.29, 1.82) is 0 Å². The van der Waals surface area contributed by atoms with E-state index in [1.54, 1.807) is 12.1 Å². The summed E-state index contributed by atoms with van der Waals surface area (Å²) in [6.45, 7) is 6.49. The number of aryl methyl sites for hydroxylation is 1. The van der Waals surface area contributed by atoms with Gasteiger partial charge in [0.2, 0.25) is 15.9 Å². The Morgan fingerprint density at radius 3 is 2.19 bits per heavy atom. The van der Waals surface area contributed by atoms with Crippen LogP contribution in [0.4, 0.5) is 11.4 Å². The Bertz CT molecular complexity index is 1040. The molecule has 1 amide bonds. The summed E-state index contributed by atoms with van der Waals surface area (Å²) in [5.74, 6) is -0.223. The van der Waals surface area contributed by atoms with Crippen molar-refractivity contribution in [3.63, 3.8) is 0 Å². The predicted octanol–water partition coefficient (Wildman–Crippen LogP) is 2.79. The van der Waals surface area contributed by atoms with Gasteiger partial charge in [-0.05, 0) is 51.1 Å². The first-order valence-corrected chi connectivity index (χ1v) is 12.7. The minimum Gasteiger partial charge on any atom is -0.367 e. The highest BCUT2D eigenvalue weighted by atomic mass is 32.2. The monoisotopic (exact) mass is 456 g/mol. The number of amides is 1. The van der Waals surface area contributed by atoms with Gasteiger partial charge in [0.25, 0.3) is 0 Å². The lowest BCUT2D eigenvalue weighted by molar-refractivity contribution is -0.120. The molecule has 4 rings (SSSR count). The number of rotatable bonds is 5. The molecule has 2 aliphatic heterocycles. The molecule has 2 fully saturated rings. The first-order valence-electron chi connectivity index (χ1n) is 11.2. The Kier molecular flexibility index (Phi) is 6.83. The molecule has 0 saturated carbocycles. The molecule has 2 aromatic carbocycles. The average Bonchev–Trinajstić information content (AvgIpc) is 2.80. The number of piperazine rings is 1. The van der Waals surface area contributed by atoms with Crippen LogP contribution in [0.15, 0.2) is 53.4 Å². The number of nitrogens with zero attached hydrogens (tertiary/aromatic N) is 3. The van der Waals surface area contributed by atoms with Crippen molar-refractivity contribution in [3.8, 4) is 0 Å². The summed E-state index contributed by atoms with van der Waals surface area (Å²) in [5, 5.41) is 3.12. The second kappa shape index (κ2) is 9.60. The number of sulfonamides is 1. The summed E-state index contributed by atoms with van der Waals surface area (Å²) in [6, 6.07) is 14.9. The van der Waals surface area contributed by atoms with Crippen molar-refractivity contribution >= 4 is 27.3 Å². The molecule has 8 heteroatoms. The first-order chi connectivity index (χ1) is 15.3. The van der Waals surface area contributed by atoms with Crippen LogP contribution in [0.5, 0.6) is 0 Å². The summed E-state index contributed by atoms with van der Waals surface area (Å²) in [7, 11) is -1.40. The van der Waals surface area contributed by atoms with Gasteiger partial charge in [0.05, 0.1) is 16.3 Å². The highest BCUT2D eigenvalue weighted by molar-refractivity contribution is 7.89. The summed E-state index contributed by atoms with van der Waals surface area (Å²) >= 11 is 0. The third-order valence-corrected chi connectivity index (χ3v) is 8.40. The highest BCUT2D eigenvalue weighted by Crippen LogP contribution is 2.29. The quantitative estimate of drug-likeness (QED) is 0.749. The normalized spacial score (nSPS) is 19.1. The van der Waals surface area contributed by atoms with E-state index in [1.165, 1.54) is 4.31 Å². The van der Waals surface area contributed by atoms with E-state index in [4.69, 9.17) is 0 Å². The number of carbonyl (C=O) groups excluding carboxylic acids is 1. The van der Waals surface area contributed by atoms with E-state index in [-0.39, 0.29) is 11.8 Å². The van der Waals surface area contributed by atoms with E-state index in [1.807, 2.05) is 37.3 Å². The van der Waals surface area contributed by atoms with Crippen LogP contribution >= 0.6 is 0 Å². The molecular weight excluding hydrogens is 424 g/mol. The lowest BCUT2D eigenvalue weighted by Gasteiger charge is -2.35. The summed E-state index contributed by atoms with van der Waals surface area (Å²) in [5.41, 5.74) is 2.90. The average molecular weight is 457 g/mol. The van der Waals surface area contributed by atoms with Crippen molar-refractivity contribution in [1.82, 2.24) is 9.21 Å². The maximum Gasteiger partial charge on any atom is 0.243 e. The zero-order valence-corrected chi connectivity index (χ0v) is 19.6. The molecule has 0 bridgehead atoms. The molecule has 7 nitrogen and oxygen atoms in total. The maximum atomic E-state index is 13.0. The van der Waals surface area contributed by atoms with Crippen molar-refractivity contribution in [2.45, 2.75) is 24.7 Å². The standard InChI is InChI=1S/C24H32N4O3S/c1-19-7-9-21(10-8-19)32(30,31)28-13-11-20(12-14-28)24(29)25-22-5-3-4-6-23(22)27-17-15-26(2)16-18-27/h3-10,20H,11-18H2,1-2H3,(H,25,29). The minimum atomic E-state index is -3.52. The topological polar surface area (TPSA) is 73.0 Å². The van der Waals surface area contributed by atoms with Crippen LogP contribution in [0.25, 0.3) is 0 Å². The molecule has 1 N–H and O–H groups in total. The van der Waals surface area contributed by atoms with Gasteiger partial charge in [0.1, 0.15) is 0 Å². The number of hydrogen-bond acceptors (Lipinski definition) is 5. The Hall–Kier alpha value is -2.42. The summed E-state index contributed by atoms with van der Waals surface area (Å²) in [4.78, 5) is 17.9. The van der Waals surface area contributed by atoms with E-state index in [0.29, 0.717) is 30.8 Å². The van der Waals surface area contributed by atoms with Crippen molar-refractivity contribution in [2.75, 3.05) is 56.5 Å². The van der Waals surface area contributed by atoms with Crippen molar-refractivity contribution < 1.29 is 13.2 Å². The smallest absolute Gasteiger partial charge is 0.243 e. The minimum absolute atomic E-state index is 0.0287. The van der Waals surface area contributed by atoms with E-state index in [0.717, 1.165) is 43.1 Å². The van der Waals surface area contributed by atoms with Gasteiger partial charge in [-0.2, -0.15) is 4.31 Å². The Labute approximate surface area is 191 Å². The second-order valence-electron chi connectivity index (χ2n) is 8.79. The molecule has 2 saturated heterocycles. The van der Waals surface area contributed by atoms with E-state index in [2.05, 4.69) is 28.2 Å². The molecule has 2 heterocycles. The lowest BCUT2D eigenvalue weighted by Crippen LogP contribution is -2.45. The second-order valence-corrected chi connectivity index (χ2v) is 10.7. The van der Waals surface area contributed by atoms with Crippen LogP contribution in [-0.2, 0) is 14.8 Å². The van der Waals surface area contributed by atoms with Crippen LogP contribution in [-0.4, -0.2) is 69.8 Å². The number of hydrogen-bond donors (Lipinski definition) is 1. The number of likely N-dealkylation sites (N-methyl/N-ethyl adjacent to an activating group) is 1. The molecule has 0 aliphatic carbocycles. The Balaban J connectivity index is 1.38. The number of para-hydroxylation sites is 2. The van der Waals surface area contributed by atoms with E-state index in [9.17, 15) is 13.2 Å². The largest absolute Gasteiger partial charge is 0.367 e. The zero-order chi connectivity index (χ0) is 22.7. The molecule has 0 radical (unpaired) electrons. The van der Waals surface area contributed by atoms with Crippen LogP contribution in [0.2, 0.25) is 0 Å². The number of benzene rings is 2. The van der Waals surface area contributed by atoms with Gasteiger partial charge >= 0.3 is 0 Å². The molecule has 0 unspecified atom stereocenters. The molecule has 2 aliphatic rings. The number of nitrogens with one attached hydrogen (secondary N) is 1. The van der Waals surface area contributed by atoms with Gasteiger partial charge in [-0.25, -0.2) is 8.42 Å². The molecule has 0 aromatic heterocycles. The predicted molar refractivity (Wildman–Crippen MR) is 127 cm³/mol. The fourth-order valence-electron chi connectivity index (χ4n) is 4.35. The number of piperidine rings is 1. The maximum absolute atomic E-state index is 13.0. The molecule has 0 atom stereocenters. The van der Waals surface area contributed by atoms with Gasteiger partial charge in [0.15, 0.2) is 0 Å². The number of carbonyl (C=O) groups is 1. The van der Waals surface area contributed by atoms with Crippen LogP contribution < -0.4 is 10.2 Å². The lowest BCUT2D eigenvalue weighted by atomic mass is 9.97. The molecule has 2 aromatic rings. The Morgan fingerprint density at radius 2 is 1.53 bits per heavy atom. The third kappa shape index (κ3) is 4.98. The van der Waals surface area contributed by atoms with Gasteiger partial charge in [0, 0.05) is 45.2 Å². The summed E-state index contributed by atoms with van der Waals surface area (Å²) < 4.78 is 27.4.